The Balaban J connectivity index is 1.85. The molecule has 0 aliphatic carbocycles. The summed E-state index contributed by atoms with van der Waals surface area (Å²) in [6, 6.07) is 5.83. The van der Waals surface area contributed by atoms with Crippen LogP contribution < -0.4 is 10.6 Å². The van der Waals surface area contributed by atoms with Crippen molar-refractivity contribution < 1.29 is 9.18 Å². The van der Waals surface area contributed by atoms with Crippen molar-refractivity contribution in [1.29, 1.82) is 0 Å². The summed E-state index contributed by atoms with van der Waals surface area (Å²) in [5, 5.41) is 14.4. The largest absolute Gasteiger partial charge is 0.360 e. The lowest BCUT2D eigenvalue weighted by Crippen LogP contribution is -2.22. The van der Waals surface area contributed by atoms with Crippen molar-refractivity contribution >= 4 is 39.8 Å². The predicted octanol–water partition coefficient (Wildman–Crippen LogP) is 4.01. The van der Waals surface area contributed by atoms with E-state index in [0.717, 1.165) is 28.9 Å². The van der Waals surface area contributed by atoms with Gasteiger partial charge in [-0.3, -0.25) is 4.79 Å². The van der Waals surface area contributed by atoms with Gasteiger partial charge >= 0.3 is 0 Å². The number of aromatic nitrogens is 2. The number of halogens is 1. The van der Waals surface area contributed by atoms with Gasteiger partial charge in [0.2, 0.25) is 11.0 Å². The van der Waals surface area contributed by atoms with E-state index in [1.165, 1.54) is 35.2 Å². The van der Waals surface area contributed by atoms with Crippen LogP contribution in [-0.4, -0.2) is 27.9 Å². The Kier molecular flexibility index (Phi) is 6.79. The van der Waals surface area contributed by atoms with Crippen LogP contribution in [0.5, 0.6) is 0 Å². The molecule has 0 unspecified atom stereocenters. The summed E-state index contributed by atoms with van der Waals surface area (Å²) in [5.74, 6) is -0.577. The van der Waals surface area contributed by atoms with Gasteiger partial charge in [0.1, 0.15) is 5.82 Å². The Bertz CT molecular complexity index is 650. The van der Waals surface area contributed by atoms with Gasteiger partial charge < -0.3 is 10.6 Å². The third-order valence-electron chi connectivity index (χ3n) is 2.95. The number of hydrogen-bond acceptors (Lipinski definition) is 6. The summed E-state index contributed by atoms with van der Waals surface area (Å²) < 4.78 is 13.8. The lowest BCUT2D eigenvalue weighted by Gasteiger charge is -2.10. The highest BCUT2D eigenvalue weighted by Gasteiger charge is 2.17. The Morgan fingerprint density at radius 2 is 2.26 bits per heavy atom. The number of thioether (sulfide) groups is 1. The summed E-state index contributed by atoms with van der Waals surface area (Å²) in [4.78, 5) is 12.1. The molecule has 8 heteroatoms. The van der Waals surface area contributed by atoms with Crippen LogP contribution in [-0.2, 0) is 4.79 Å². The molecular weight excluding hydrogens is 335 g/mol. The van der Waals surface area contributed by atoms with Gasteiger partial charge in [-0.05, 0) is 31.5 Å². The van der Waals surface area contributed by atoms with Crippen LogP contribution in [0.15, 0.2) is 28.6 Å². The summed E-state index contributed by atoms with van der Waals surface area (Å²) >= 11 is 2.76. The molecule has 1 aromatic heterocycles. The highest BCUT2D eigenvalue weighted by molar-refractivity contribution is 8.02. The summed E-state index contributed by atoms with van der Waals surface area (Å²) in [7, 11) is 0. The number of benzene rings is 1. The first-order valence-corrected chi connectivity index (χ1v) is 9.08. The Hall–Kier alpha value is -1.67. The minimum Gasteiger partial charge on any atom is -0.360 e. The van der Waals surface area contributed by atoms with Gasteiger partial charge in [-0.25, -0.2) is 4.39 Å². The van der Waals surface area contributed by atoms with Crippen molar-refractivity contribution in [2.75, 3.05) is 17.2 Å². The molecule has 2 aromatic rings. The number of anilines is 2. The number of carbonyl (C=O) groups excluding carboxylic acids is 1. The van der Waals surface area contributed by atoms with E-state index in [4.69, 9.17) is 0 Å². The van der Waals surface area contributed by atoms with Crippen LogP contribution in [0, 0.1) is 5.82 Å². The third-order valence-corrected chi connectivity index (χ3v) is 5.02. The van der Waals surface area contributed by atoms with Gasteiger partial charge in [-0.2, -0.15) is 0 Å². The van der Waals surface area contributed by atoms with Crippen molar-refractivity contribution in [3.05, 3.63) is 30.1 Å². The molecule has 0 spiro atoms. The van der Waals surface area contributed by atoms with Crippen LogP contribution in [0.3, 0.4) is 0 Å². The van der Waals surface area contributed by atoms with Crippen molar-refractivity contribution in [2.45, 2.75) is 36.3 Å². The molecule has 2 N–H and O–H groups in total. The van der Waals surface area contributed by atoms with Crippen LogP contribution in [0.1, 0.15) is 26.7 Å². The lowest BCUT2D eigenvalue weighted by molar-refractivity contribution is -0.115. The molecule has 1 atom stereocenters. The topological polar surface area (TPSA) is 66.9 Å². The maximum absolute atomic E-state index is 13.1. The van der Waals surface area contributed by atoms with E-state index in [1.54, 1.807) is 19.1 Å². The number of rotatable bonds is 8. The SMILES string of the molecule is CCCCNc1nnc(S[C@@H](C)C(=O)Nc2cccc(F)c2)s1. The van der Waals surface area contributed by atoms with Crippen molar-refractivity contribution in [2.24, 2.45) is 0 Å². The monoisotopic (exact) mass is 354 g/mol. The Labute approximate surface area is 143 Å². The van der Waals surface area contributed by atoms with E-state index in [1.807, 2.05) is 0 Å². The second kappa shape index (κ2) is 8.83. The van der Waals surface area contributed by atoms with Gasteiger partial charge in [0.15, 0.2) is 4.34 Å². The van der Waals surface area contributed by atoms with E-state index in [-0.39, 0.29) is 17.0 Å². The minimum absolute atomic E-state index is 0.198. The molecule has 0 saturated heterocycles. The van der Waals surface area contributed by atoms with Crippen molar-refractivity contribution in [3.63, 3.8) is 0 Å². The molecule has 2 rings (SSSR count). The molecular formula is C15H19FN4OS2. The first-order valence-electron chi connectivity index (χ1n) is 7.39. The van der Waals surface area contributed by atoms with Gasteiger partial charge in [0.05, 0.1) is 5.25 Å². The molecule has 0 fully saturated rings. The fraction of sp³-hybridized carbons (Fsp3) is 0.400. The fourth-order valence-corrected chi connectivity index (χ4v) is 3.64. The minimum atomic E-state index is -0.380. The smallest absolute Gasteiger partial charge is 0.237 e. The van der Waals surface area contributed by atoms with E-state index < -0.39 is 0 Å². The van der Waals surface area contributed by atoms with Gasteiger partial charge in [0.25, 0.3) is 0 Å². The lowest BCUT2D eigenvalue weighted by atomic mass is 10.3. The number of carbonyl (C=O) groups is 1. The van der Waals surface area contributed by atoms with Crippen LogP contribution >= 0.6 is 23.1 Å². The third kappa shape index (κ3) is 5.80. The number of unbranched alkanes of at least 4 members (excludes halogenated alkanes) is 1. The number of nitrogens with zero attached hydrogens (tertiary/aromatic N) is 2. The van der Waals surface area contributed by atoms with E-state index in [9.17, 15) is 9.18 Å². The van der Waals surface area contributed by atoms with Crippen molar-refractivity contribution in [3.8, 4) is 0 Å². The van der Waals surface area contributed by atoms with Crippen LogP contribution in [0.2, 0.25) is 0 Å². The number of hydrogen-bond donors (Lipinski definition) is 2. The fourth-order valence-electron chi connectivity index (χ4n) is 1.72. The van der Waals surface area contributed by atoms with Crippen molar-refractivity contribution in [1.82, 2.24) is 10.2 Å². The maximum atomic E-state index is 13.1. The molecule has 0 aliphatic heterocycles. The molecule has 0 radical (unpaired) electrons. The number of nitrogens with one attached hydrogen (secondary N) is 2. The normalized spacial score (nSPS) is 12.0. The highest BCUT2D eigenvalue weighted by atomic mass is 32.2. The first kappa shape index (κ1) is 17.7. The second-order valence-corrected chi connectivity index (χ2v) is 7.48. The first-order chi connectivity index (χ1) is 11.1. The summed E-state index contributed by atoms with van der Waals surface area (Å²) in [6.07, 6.45) is 2.19. The van der Waals surface area contributed by atoms with Crippen LogP contribution in [0.25, 0.3) is 0 Å². The Morgan fingerprint density at radius 3 is 3.00 bits per heavy atom. The molecule has 0 aliphatic rings. The zero-order chi connectivity index (χ0) is 16.7. The summed E-state index contributed by atoms with van der Waals surface area (Å²) in [6.45, 7) is 4.78. The van der Waals surface area contributed by atoms with Gasteiger partial charge in [-0.15, -0.1) is 10.2 Å². The van der Waals surface area contributed by atoms with E-state index in [0.29, 0.717) is 5.69 Å². The molecule has 23 heavy (non-hydrogen) atoms. The second-order valence-electron chi connectivity index (χ2n) is 4.91. The quantitative estimate of drug-likeness (QED) is 0.554. The standard InChI is InChI=1S/C15H19FN4OS2/c1-3-4-8-17-14-19-20-15(23-14)22-10(2)13(21)18-12-7-5-6-11(16)9-12/h5-7,9-10H,3-4,8H2,1-2H3,(H,17,19)(H,18,21)/t10-/m0/s1. The average Bonchev–Trinajstić information content (AvgIpc) is 2.95. The molecule has 1 heterocycles. The Morgan fingerprint density at radius 1 is 1.43 bits per heavy atom. The highest BCUT2D eigenvalue weighted by Crippen LogP contribution is 2.29. The summed E-state index contributed by atoms with van der Waals surface area (Å²) in [5.41, 5.74) is 0.446. The number of amides is 1. The zero-order valence-corrected chi connectivity index (χ0v) is 14.6. The van der Waals surface area contributed by atoms with Gasteiger partial charge in [0, 0.05) is 12.2 Å². The van der Waals surface area contributed by atoms with Crippen LogP contribution in [0.4, 0.5) is 15.2 Å². The van der Waals surface area contributed by atoms with E-state index >= 15 is 0 Å². The molecule has 0 bridgehead atoms. The molecule has 0 saturated carbocycles. The molecule has 1 aromatic carbocycles. The molecule has 1 amide bonds. The predicted molar refractivity (Wildman–Crippen MR) is 93.7 cm³/mol. The average molecular weight is 354 g/mol. The maximum Gasteiger partial charge on any atom is 0.237 e. The zero-order valence-electron chi connectivity index (χ0n) is 13.0. The molecule has 124 valence electrons. The van der Waals surface area contributed by atoms with E-state index in [2.05, 4.69) is 27.8 Å². The molecule has 5 nitrogen and oxygen atoms in total. The van der Waals surface area contributed by atoms with Gasteiger partial charge in [-0.1, -0.05) is 42.5 Å².